The molecule has 0 bridgehead atoms. The first kappa shape index (κ1) is 18.1. The molecule has 1 aromatic heterocycles. The molecule has 2 amide bonds. The third-order valence-electron chi connectivity index (χ3n) is 3.81. The molecule has 0 saturated carbocycles. The fourth-order valence-electron chi connectivity index (χ4n) is 2.61. The highest BCUT2D eigenvalue weighted by Crippen LogP contribution is 2.29. The van der Waals surface area contributed by atoms with Crippen molar-refractivity contribution in [2.45, 2.75) is 32.4 Å². The number of carboxylic acid groups (broad SMARTS) is 1. The van der Waals surface area contributed by atoms with Gasteiger partial charge in [0, 0.05) is 18.8 Å². The molecule has 3 N–H and O–H groups in total. The van der Waals surface area contributed by atoms with E-state index in [0.717, 1.165) is 0 Å². The molecule has 23 heavy (non-hydrogen) atoms. The van der Waals surface area contributed by atoms with Gasteiger partial charge in [-0.2, -0.15) is 0 Å². The molecule has 0 unspecified atom stereocenters. The Kier molecular flexibility index (Phi) is 5.94. The summed E-state index contributed by atoms with van der Waals surface area (Å²) in [5.41, 5.74) is 1.05. The topological polar surface area (TPSA) is 94.7 Å². The number of ether oxygens (including phenoxy) is 1. The highest BCUT2D eigenvalue weighted by molar-refractivity contribution is 9.10. The highest BCUT2D eigenvalue weighted by Gasteiger charge is 2.33. The fourth-order valence-corrected chi connectivity index (χ4v) is 3.33. The van der Waals surface area contributed by atoms with E-state index in [2.05, 4.69) is 26.2 Å². The predicted molar refractivity (Wildman–Crippen MR) is 89.1 cm³/mol. The van der Waals surface area contributed by atoms with Gasteiger partial charge in [-0.15, -0.1) is 0 Å². The van der Waals surface area contributed by atoms with E-state index in [0.29, 0.717) is 40.5 Å². The smallest absolute Gasteiger partial charge is 0.407 e. The van der Waals surface area contributed by atoms with Gasteiger partial charge in [0.25, 0.3) is 5.91 Å². The summed E-state index contributed by atoms with van der Waals surface area (Å²) in [6, 6.07) is -0.257. The Morgan fingerprint density at radius 2 is 2.26 bits per heavy atom. The number of aryl methyl sites for hydroxylation is 1. The first-order valence-corrected chi connectivity index (χ1v) is 8.46. The maximum Gasteiger partial charge on any atom is 0.407 e. The van der Waals surface area contributed by atoms with E-state index in [9.17, 15) is 9.59 Å². The van der Waals surface area contributed by atoms with Crippen LogP contribution in [0.25, 0.3) is 0 Å². The van der Waals surface area contributed by atoms with Crippen molar-refractivity contribution >= 4 is 39.5 Å². The lowest BCUT2D eigenvalue weighted by molar-refractivity contribution is -0.0112. The molecule has 2 heterocycles. The number of likely N-dealkylation sites (tertiary alicyclic amines) is 1. The van der Waals surface area contributed by atoms with Gasteiger partial charge in [0.2, 0.25) is 0 Å². The molecular formula is C14H19BrClN3O4. The van der Waals surface area contributed by atoms with Crippen LogP contribution >= 0.6 is 27.5 Å². The Morgan fingerprint density at radius 3 is 2.78 bits per heavy atom. The van der Waals surface area contributed by atoms with E-state index >= 15 is 0 Å². The number of aromatic amines is 1. The summed E-state index contributed by atoms with van der Waals surface area (Å²) in [6.07, 6.45) is -0.860. The van der Waals surface area contributed by atoms with E-state index in [1.54, 1.807) is 6.92 Å². The zero-order valence-corrected chi connectivity index (χ0v) is 15.2. The molecule has 1 aromatic rings. The van der Waals surface area contributed by atoms with Gasteiger partial charge in [0.1, 0.15) is 5.69 Å². The molecule has 1 fully saturated rings. The van der Waals surface area contributed by atoms with Gasteiger partial charge in [-0.25, -0.2) is 4.79 Å². The maximum absolute atomic E-state index is 12.4. The third kappa shape index (κ3) is 3.99. The number of H-pyrrole nitrogens is 1. The molecule has 7 nitrogen and oxygen atoms in total. The molecule has 0 spiro atoms. The number of hydrogen-bond acceptors (Lipinski definition) is 3. The molecule has 1 saturated heterocycles. The van der Waals surface area contributed by atoms with Crippen molar-refractivity contribution in [2.75, 3.05) is 19.7 Å². The average molecular weight is 409 g/mol. The largest absolute Gasteiger partial charge is 0.465 e. The number of aromatic nitrogens is 1. The number of halogens is 2. The van der Waals surface area contributed by atoms with Gasteiger partial charge in [0.05, 0.1) is 28.2 Å². The van der Waals surface area contributed by atoms with Crippen LogP contribution < -0.4 is 5.32 Å². The minimum atomic E-state index is -0.978. The summed E-state index contributed by atoms with van der Waals surface area (Å²) in [6.45, 7) is 4.65. The second-order valence-electron chi connectivity index (χ2n) is 5.34. The van der Waals surface area contributed by atoms with E-state index in [1.807, 2.05) is 6.92 Å². The van der Waals surface area contributed by atoms with Gasteiger partial charge >= 0.3 is 6.09 Å². The van der Waals surface area contributed by atoms with Crippen molar-refractivity contribution in [1.29, 1.82) is 0 Å². The molecule has 2 atom stereocenters. The van der Waals surface area contributed by atoms with Crippen LogP contribution in [0.4, 0.5) is 4.79 Å². The SMILES string of the molecule is CCO[C@H]1CN(C(=O)O)CC[C@H]1NC(=O)c1[nH]c(C)c(Cl)c1Br. The summed E-state index contributed by atoms with van der Waals surface area (Å²) in [7, 11) is 0. The Morgan fingerprint density at radius 1 is 1.57 bits per heavy atom. The normalized spacial score (nSPS) is 21.3. The van der Waals surface area contributed by atoms with E-state index in [1.165, 1.54) is 4.90 Å². The van der Waals surface area contributed by atoms with E-state index < -0.39 is 6.09 Å². The molecule has 1 aliphatic rings. The minimum absolute atomic E-state index is 0.236. The van der Waals surface area contributed by atoms with Crippen molar-refractivity contribution in [1.82, 2.24) is 15.2 Å². The molecule has 1 aliphatic heterocycles. The summed E-state index contributed by atoms with van der Waals surface area (Å²) in [4.78, 5) is 27.8. The molecule has 9 heteroatoms. The van der Waals surface area contributed by atoms with Crippen LogP contribution in [0.5, 0.6) is 0 Å². The molecule has 128 valence electrons. The quantitative estimate of drug-likeness (QED) is 0.714. The Balaban J connectivity index is 2.09. The van der Waals surface area contributed by atoms with E-state index in [-0.39, 0.29) is 24.6 Å². The standard InChI is InChI=1S/C14H19BrClN3O4/c1-3-23-9-6-19(14(21)22)5-4-8(9)18-13(20)12-10(15)11(16)7(2)17-12/h8-9,17H,3-6H2,1-2H3,(H,18,20)(H,21,22)/t8-,9+/m1/s1. The molecule has 0 radical (unpaired) electrons. The monoisotopic (exact) mass is 407 g/mol. The fraction of sp³-hybridized carbons (Fsp3) is 0.571. The van der Waals surface area contributed by atoms with Crippen LogP contribution in [0.2, 0.25) is 5.02 Å². The Bertz CT molecular complexity index is 607. The summed E-state index contributed by atoms with van der Waals surface area (Å²) >= 11 is 9.36. The van der Waals surface area contributed by atoms with Gasteiger partial charge in [-0.05, 0) is 36.2 Å². The summed E-state index contributed by atoms with van der Waals surface area (Å²) < 4.78 is 6.12. The Hall–Kier alpha value is -1.25. The van der Waals surface area contributed by atoms with Gasteiger partial charge < -0.3 is 25.0 Å². The lowest BCUT2D eigenvalue weighted by Crippen LogP contribution is -2.56. The predicted octanol–water partition coefficient (Wildman–Crippen LogP) is 2.63. The number of piperidine rings is 1. The van der Waals surface area contributed by atoms with Gasteiger partial charge in [-0.3, -0.25) is 4.79 Å². The summed E-state index contributed by atoms with van der Waals surface area (Å²) in [5, 5.41) is 12.5. The molecule has 0 aliphatic carbocycles. The van der Waals surface area contributed by atoms with Crippen molar-refractivity contribution in [3.8, 4) is 0 Å². The van der Waals surface area contributed by atoms with Crippen LogP contribution in [-0.2, 0) is 4.74 Å². The van der Waals surface area contributed by atoms with Crippen molar-refractivity contribution in [3.63, 3.8) is 0 Å². The van der Waals surface area contributed by atoms with Gasteiger partial charge in [0.15, 0.2) is 0 Å². The highest BCUT2D eigenvalue weighted by atomic mass is 79.9. The lowest BCUT2D eigenvalue weighted by atomic mass is 10.0. The first-order chi connectivity index (χ1) is 10.8. The average Bonchev–Trinajstić information content (AvgIpc) is 2.76. The van der Waals surface area contributed by atoms with Crippen LogP contribution in [-0.4, -0.2) is 58.8 Å². The third-order valence-corrected chi connectivity index (χ3v) is 5.30. The van der Waals surface area contributed by atoms with Gasteiger partial charge in [-0.1, -0.05) is 11.6 Å². The molecular weight excluding hydrogens is 390 g/mol. The Labute approximate surface area is 147 Å². The van der Waals surface area contributed by atoms with Crippen molar-refractivity contribution in [3.05, 3.63) is 20.9 Å². The number of carbonyl (C=O) groups is 2. The number of carbonyl (C=O) groups excluding carboxylic acids is 1. The second-order valence-corrected chi connectivity index (χ2v) is 6.51. The zero-order valence-electron chi connectivity index (χ0n) is 12.9. The summed E-state index contributed by atoms with van der Waals surface area (Å²) in [5.74, 6) is -0.301. The van der Waals surface area contributed by atoms with Crippen molar-refractivity contribution < 1.29 is 19.4 Å². The van der Waals surface area contributed by atoms with Crippen molar-refractivity contribution in [2.24, 2.45) is 0 Å². The maximum atomic E-state index is 12.4. The minimum Gasteiger partial charge on any atom is -0.465 e. The molecule has 2 rings (SSSR count). The number of nitrogens with one attached hydrogen (secondary N) is 2. The number of nitrogens with zero attached hydrogens (tertiary/aromatic N) is 1. The molecule has 0 aromatic carbocycles. The lowest BCUT2D eigenvalue weighted by Gasteiger charge is -2.37. The van der Waals surface area contributed by atoms with E-state index in [4.69, 9.17) is 21.4 Å². The number of rotatable bonds is 4. The second kappa shape index (κ2) is 7.55. The van der Waals surface area contributed by atoms with Crippen LogP contribution in [0.3, 0.4) is 0 Å². The zero-order chi connectivity index (χ0) is 17.1. The number of hydrogen-bond donors (Lipinski definition) is 3. The van der Waals surface area contributed by atoms with Crippen LogP contribution in [0, 0.1) is 6.92 Å². The van der Waals surface area contributed by atoms with Crippen LogP contribution in [0.15, 0.2) is 4.47 Å². The van der Waals surface area contributed by atoms with Crippen LogP contribution in [0.1, 0.15) is 29.5 Å². The first-order valence-electron chi connectivity index (χ1n) is 7.29. The number of amides is 2.